The maximum Gasteiger partial charge on any atom is 0.219 e. The van der Waals surface area contributed by atoms with E-state index in [0.29, 0.717) is 5.92 Å². The van der Waals surface area contributed by atoms with Gasteiger partial charge in [0.1, 0.15) is 0 Å². The molecule has 0 aromatic carbocycles. The zero-order chi connectivity index (χ0) is 10.6. The van der Waals surface area contributed by atoms with Gasteiger partial charge in [-0.1, -0.05) is 0 Å². The first-order valence-electron chi connectivity index (χ1n) is 5.18. The molecule has 1 unspecified atom stereocenters. The Bertz CT molecular complexity index is 197. The molecule has 1 aliphatic heterocycles. The Hall–Kier alpha value is -0.610. The second kappa shape index (κ2) is 5.32. The van der Waals surface area contributed by atoms with Crippen molar-refractivity contribution in [3.05, 3.63) is 0 Å². The largest absolute Gasteiger partial charge is 0.395 e. The number of carbonyl (C=O) groups is 1. The minimum atomic E-state index is 0.178. The maximum atomic E-state index is 11.1. The van der Waals surface area contributed by atoms with E-state index in [9.17, 15) is 4.79 Å². The van der Waals surface area contributed by atoms with Crippen LogP contribution in [-0.4, -0.2) is 60.6 Å². The van der Waals surface area contributed by atoms with E-state index in [2.05, 4.69) is 4.90 Å². The summed E-state index contributed by atoms with van der Waals surface area (Å²) in [6.45, 7) is 5.30. The number of rotatable bonds is 4. The fourth-order valence-corrected chi connectivity index (χ4v) is 1.97. The standard InChI is InChI=1S/C10H20N2O2/c1-9(14)12-4-3-10(8-12)7-11(2)5-6-13/h10,13H,3-8H2,1-2H3. The number of likely N-dealkylation sites (N-methyl/N-ethyl adjacent to an activating group) is 1. The summed E-state index contributed by atoms with van der Waals surface area (Å²) in [6.07, 6.45) is 1.09. The van der Waals surface area contributed by atoms with Gasteiger partial charge < -0.3 is 14.9 Å². The molecule has 0 aromatic rings. The monoisotopic (exact) mass is 200 g/mol. The van der Waals surface area contributed by atoms with E-state index >= 15 is 0 Å². The maximum absolute atomic E-state index is 11.1. The SMILES string of the molecule is CC(=O)N1CCC(CN(C)CCO)C1. The number of amides is 1. The van der Waals surface area contributed by atoms with Gasteiger partial charge >= 0.3 is 0 Å². The average Bonchev–Trinajstić information content (AvgIpc) is 2.53. The smallest absolute Gasteiger partial charge is 0.219 e. The van der Waals surface area contributed by atoms with Crippen LogP contribution in [0.15, 0.2) is 0 Å². The number of carbonyl (C=O) groups excluding carboxylic acids is 1. The van der Waals surface area contributed by atoms with Gasteiger partial charge in [-0.05, 0) is 19.4 Å². The van der Waals surface area contributed by atoms with Crippen molar-refractivity contribution in [1.82, 2.24) is 9.80 Å². The average molecular weight is 200 g/mol. The highest BCUT2D eigenvalue weighted by Gasteiger charge is 2.24. The van der Waals surface area contributed by atoms with E-state index in [1.807, 2.05) is 11.9 Å². The molecule has 0 bridgehead atoms. The first-order valence-corrected chi connectivity index (χ1v) is 5.18. The van der Waals surface area contributed by atoms with Crippen LogP contribution in [0.5, 0.6) is 0 Å². The van der Waals surface area contributed by atoms with E-state index in [-0.39, 0.29) is 12.5 Å². The van der Waals surface area contributed by atoms with Crippen LogP contribution < -0.4 is 0 Å². The summed E-state index contributed by atoms with van der Waals surface area (Å²) in [5.41, 5.74) is 0. The van der Waals surface area contributed by atoms with Gasteiger partial charge in [-0.3, -0.25) is 4.79 Å². The summed E-state index contributed by atoms with van der Waals surface area (Å²) in [7, 11) is 2.01. The molecule has 4 heteroatoms. The zero-order valence-corrected chi connectivity index (χ0v) is 9.07. The first kappa shape index (κ1) is 11.5. The summed E-state index contributed by atoms with van der Waals surface area (Å²) >= 11 is 0. The highest BCUT2D eigenvalue weighted by atomic mass is 16.3. The lowest BCUT2D eigenvalue weighted by Gasteiger charge is -2.20. The summed E-state index contributed by atoms with van der Waals surface area (Å²) in [5.74, 6) is 0.757. The lowest BCUT2D eigenvalue weighted by molar-refractivity contribution is -0.127. The van der Waals surface area contributed by atoms with Crippen molar-refractivity contribution in [2.75, 3.05) is 39.8 Å². The predicted octanol–water partition coefficient (Wildman–Crippen LogP) is -0.221. The number of likely N-dealkylation sites (tertiary alicyclic amines) is 1. The van der Waals surface area contributed by atoms with E-state index in [4.69, 9.17) is 5.11 Å². The molecule has 1 aliphatic rings. The van der Waals surface area contributed by atoms with Crippen LogP contribution in [0.4, 0.5) is 0 Å². The second-order valence-corrected chi connectivity index (χ2v) is 4.11. The van der Waals surface area contributed by atoms with Gasteiger partial charge in [0.05, 0.1) is 6.61 Å². The van der Waals surface area contributed by atoms with Crippen LogP contribution in [0.2, 0.25) is 0 Å². The van der Waals surface area contributed by atoms with Crippen LogP contribution in [0.3, 0.4) is 0 Å². The third-order valence-electron chi connectivity index (χ3n) is 2.78. The van der Waals surface area contributed by atoms with Gasteiger partial charge in [0, 0.05) is 33.1 Å². The predicted molar refractivity (Wildman–Crippen MR) is 54.9 cm³/mol. The molecule has 1 atom stereocenters. The molecule has 0 saturated carbocycles. The van der Waals surface area contributed by atoms with Crippen LogP contribution >= 0.6 is 0 Å². The highest BCUT2D eigenvalue weighted by Crippen LogP contribution is 2.16. The quantitative estimate of drug-likeness (QED) is 0.682. The van der Waals surface area contributed by atoms with Crippen molar-refractivity contribution in [3.63, 3.8) is 0 Å². The van der Waals surface area contributed by atoms with Gasteiger partial charge in [0.25, 0.3) is 0 Å². The molecule has 82 valence electrons. The van der Waals surface area contributed by atoms with E-state index in [0.717, 1.165) is 32.6 Å². The Balaban J connectivity index is 2.25. The Morgan fingerprint density at radius 2 is 2.36 bits per heavy atom. The van der Waals surface area contributed by atoms with Gasteiger partial charge in [-0.2, -0.15) is 0 Å². The molecular formula is C10H20N2O2. The van der Waals surface area contributed by atoms with E-state index in [1.165, 1.54) is 0 Å². The minimum Gasteiger partial charge on any atom is -0.395 e. The molecule has 0 spiro atoms. The normalized spacial score (nSPS) is 22.0. The van der Waals surface area contributed by atoms with Gasteiger partial charge in [0.15, 0.2) is 0 Å². The Morgan fingerprint density at radius 1 is 1.64 bits per heavy atom. The summed E-state index contributed by atoms with van der Waals surface area (Å²) in [5, 5.41) is 8.74. The summed E-state index contributed by atoms with van der Waals surface area (Å²) in [4.78, 5) is 15.1. The molecule has 1 heterocycles. The molecule has 1 N–H and O–H groups in total. The highest BCUT2D eigenvalue weighted by molar-refractivity contribution is 5.73. The number of hydrogen-bond acceptors (Lipinski definition) is 3. The fraction of sp³-hybridized carbons (Fsp3) is 0.900. The molecule has 1 rings (SSSR count). The lowest BCUT2D eigenvalue weighted by atomic mass is 10.1. The molecule has 1 saturated heterocycles. The van der Waals surface area contributed by atoms with Crippen LogP contribution in [0.25, 0.3) is 0 Å². The Labute approximate surface area is 85.5 Å². The number of aliphatic hydroxyl groups is 1. The minimum absolute atomic E-state index is 0.178. The number of hydrogen-bond donors (Lipinski definition) is 1. The van der Waals surface area contributed by atoms with Crippen LogP contribution in [0, 0.1) is 5.92 Å². The molecule has 1 fully saturated rings. The summed E-state index contributed by atoms with van der Waals surface area (Å²) < 4.78 is 0. The van der Waals surface area contributed by atoms with Crippen LogP contribution in [-0.2, 0) is 4.79 Å². The van der Waals surface area contributed by atoms with Crippen molar-refractivity contribution < 1.29 is 9.90 Å². The molecule has 0 radical (unpaired) electrons. The van der Waals surface area contributed by atoms with Gasteiger partial charge in [0.2, 0.25) is 5.91 Å². The third-order valence-corrected chi connectivity index (χ3v) is 2.78. The first-order chi connectivity index (χ1) is 6.63. The van der Waals surface area contributed by atoms with Gasteiger partial charge in [-0.15, -0.1) is 0 Å². The lowest BCUT2D eigenvalue weighted by Crippen LogP contribution is -2.31. The molecule has 0 aromatic heterocycles. The molecule has 14 heavy (non-hydrogen) atoms. The molecule has 0 aliphatic carbocycles. The second-order valence-electron chi connectivity index (χ2n) is 4.11. The molecule has 4 nitrogen and oxygen atoms in total. The van der Waals surface area contributed by atoms with E-state index < -0.39 is 0 Å². The molecular weight excluding hydrogens is 180 g/mol. The van der Waals surface area contributed by atoms with Crippen molar-refractivity contribution >= 4 is 5.91 Å². The van der Waals surface area contributed by atoms with Crippen molar-refractivity contribution in [2.24, 2.45) is 5.92 Å². The van der Waals surface area contributed by atoms with Crippen molar-refractivity contribution in [1.29, 1.82) is 0 Å². The molecule has 1 amide bonds. The number of aliphatic hydroxyl groups excluding tert-OH is 1. The Kier molecular flexibility index (Phi) is 4.35. The van der Waals surface area contributed by atoms with Gasteiger partial charge in [-0.25, -0.2) is 0 Å². The van der Waals surface area contributed by atoms with Crippen LogP contribution in [0.1, 0.15) is 13.3 Å². The zero-order valence-electron chi connectivity index (χ0n) is 9.07. The van der Waals surface area contributed by atoms with Crippen molar-refractivity contribution in [3.8, 4) is 0 Å². The third kappa shape index (κ3) is 3.27. The summed E-state index contributed by atoms with van der Waals surface area (Å²) in [6, 6.07) is 0. The van der Waals surface area contributed by atoms with E-state index in [1.54, 1.807) is 6.92 Å². The van der Waals surface area contributed by atoms with Crippen molar-refractivity contribution in [2.45, 2.75) is 13.3 Å². The Morgan fingerprint density at radius 3 is 2.86 bits per heavy atom. The fourth-order valence-electron chi connectivity index (χ4n) is 1.97. The topological polar surface area (TPSA) is 43.8 Å². The number of nitrogens with zero attached hydrogens (tertiary/aromatic N) is 2.